The normalized spacial score (nSPS) is 10.4. The van der Waals surface area contributed by atoms with Gasteiger partial charge >= 0.3 is 0 Å². The van der Waals surface area contributed by atoms with Crippen LogP contribution in [0.25, 0.3) is 11.5 Å². The van der Waals surface area contributed by atoms with Gasteiger partial charge in [0, 0.05) is 0 Å². The van der Waals surface area contributed by atoms with Crippen molar-refractivity contribution in [2.45, 2.75) is 6.54 Å². The fourth-order valence-electron chi connectivity index (χ4n) is 1.21. The molecule has 0 radical (unpaired) electrons. The summed E-state index contributed by atoms with van der Waals surface area (Å²) in [5, 5.41) is 0. The molecule has 0 aromatic carbocycles. The summed E-state index contributed by atoms with van der Waals surface area (Å²) >= 11 is 0. The van der Waals surface area contributed by atoms with Gasteiger partial charge in [0.05, 0.1) is 6.54 Å². The molecule has 0 aliphatic heterocycles. The summed E-state index contributed by atoms with van der Waals surface area (Å²) in [6.07, 6.45) is 0. The molecule has 2 aromatic heterocycles. The van der Waals surface area contributed by atoms with E-state index in [4.69, 9.17) is 15.9 Å². The van der Waals surface area contributed by atoms with Gasteiger partial charge in [0.2, 0.25) is 0 Å². The molecule has 0 atom stereocenters. The van der Waals surface area contributed by atoms with Crippen LogP contribution in [-0.2, 0) is 6.54 Å². The maximum absolute atomic E-state index is 5.56. The van der Waals surface area contributed by atoms with Crippen molar-refractivity contribution in [2.75, 3.05) is 5.73 Å². The van der Waals surface area contributed by atoms with E-state index in [0.717, 1.165) is 11.5 Å². The Morgan fingerprint density at radius 1 is 1.21 bits per heavy atom. The van der Waals surface area contributed by atoms with Gasteiger partial charge in [-0.15, -0.1) is 0 Å². The highest BCUT2D eigenvalue weighted by Gasteiger charge is 2.04. The van der Waals surface area contributed by atoms with Crippen LogP contribution in [0.2, 0.25) is 0 Å². The van der Waals surface area contributed by atoms with Crippen molar-refractivity contribution in [3.63, 3.8) is 0 Å². The molecular weight excluding hydrogens is 178 g/mol. The lowest BCUT2D eigenvalue weighted by atomic mass is 10.3. The van der Waals surface area contributed by atoms with Crippen molar-refractivity contribution in [3.05, 3.63) is 36.1 Å². The third-order valence-corrected chi connectivity index (χ3v) is 1.89. The van der Waals surface area contributed by atoms with Crippen LogP contribution in [0.15, 0.2) is 34.7 Å². The molecule has 2 heterocycles. The number of anilines is 1. The number of hydrogen-bond donors (Lipinski definition) is 2. The number of hydrogen-bond acceptors (Lipinski definition) is 4. The number of aromatic nitrogens is 1. The molecule has 0 amide bonds. The van der Waals surface area contributed by atoms with Crippen LogP contribution in [-0.4, -0.2) is 4.98 Å². The van der Waals surface area contributed by atoms with Crippen molar-refractivity contribution in [1.29, 1.82) is 0 Å². The average molecular weight is 189 g/mol. The molecule has 4 heteroatoms. The topological polar surface area (TPSA) is 78.1 Å². The van der Waals surface area contributed by atoms with Crippen molar-refractivity contribution in [3.8, 4) is 11.5 Å². The zero-order valence-corrected chi connectivity index (χ0v) is 7.60. The van der Waals surface area contributed by atoms with E-state index in [2.05, 4.69) is 4.98 Å². The highest BCUT2D eigenvalue weighted by Crippen LogP contribution is 2.20. The Labute approximate surface area is 81.5 Å². The van der Waals surface area contributed by atoms with Gasteiger partial charge in [-0.1, -0.05) is 6.07 Å². The van der Waals surface area contributed by atoms with Crippen molar-refractivity contribution in [2.24, 2.45) is 5.73 Å². The first kappa shape index (κ1) is 8.77. The Bertz CT molecular complexity index is 436. The highest BCUT2D eigenvalue weighted by atomic mass is 16.3. The van der Waals surface area contributed by atoms with Crippen LogP contribution in [0, 0.1) is 0 Å². The fraction of sp³-hybridized carbons (Fsp3) is 0.100. The van der Waals surface area contributed by atoms with E-state index in [9.17, 15) is 0 Å². The third kappa shape index (κ3) is 1.60. The van der Waals surface area contributed by atoms with Gasteiger partial charge in [-0.05, 0) is 24.3 Å². The maximum atomic E-state index is 5.56. The summed E-state index contributed by atoms with van der Waals surface area (Å²) in [5.41, 5.74) is 11.7. The third-order valence-electron chi connectivity index (χ3n) is 1.89. The van der Waals surface area contributed by atoms with Crippen LogP contribution < -0.4 is 11.5 Å². The Morgan fingerprint density at radius 2 is 2.07 bits per heavy atom. The minimum absolute atomic E-state index is 0.391. The first-order chi connectivity index (χ1) is 6.79. The Morgan fingerprint density at radius 3 is 2.71 bits per heavy atom. The van der Waals surface area contributed by atoms with Crippen molar-refractivity contribution >= 4 is 5.82 Å². The number of rotatable bonds is 2. The minimum Gasteiger partial charge on any atom is -0.458 e. The van der Waals surface area contributed by atoms with E-state index in [1.165, 1.54) is 0 Å². The number of nitrogens with zero attached hydrogens (tertiary/aromatic N) is 1. The van der Waals surface area contributed by atoms with Gasteiger partial charge in [0.25, 0.3) is 0 Å². The van der Waals surface area contributed by atoms with Gasteiger partial charge < -0.3 is 15.9 Å². The number of nitrogen functional groups attached to an aromatic ring is 1. The van der Waals surface area contributed by atoms with Gasteiger partial charge in [0.15, 0.2) is 5.76 Å². The standard InChI is InChI=1S/C10H11N3O/c11-6-7-4-5-9(14-7)8-2-1-3-10(12)13-8/h1-5H,6,11H2,(H2,12,13). The fourth-order valence-corrected chi connectivity index (χ4v) is 1.21. The largest absolute Gasteiger partial charge is 0.458 e. The van der Waals surface area contributed by atoms with Crippen LogP contribution in [0.4, 0.5) is 5.82 Å². The van der Waals surface area contributed by atoms with Crippen molar-refractivity contribution in [1.82, 2.24) is 4.98 Å². The summed E-state index contributed by atoms with van der Waals surface area (Å²) in [5.74, 6) is 1.91. The van der Waals surface area contributed by atoms with Crippen LogP contribution >= 0.6 is 0 Å². The SMILES string of the molecule is NCc1ccc(-c2cccc(N)n2)o1. The first-order valence-electron chi connectivity index (χ1n) is 4.31. The van der Waals surface area contributed by atoms with E-state index < -0.39 is 0 Å². The molecule has 14 heavy (non-hydrogen) atoms. The average Bonchev–Trinajstić information content (AvgIpc) is 2.66. The number of pyridine rings is 1. The zero-order valence-electron chi connectivity index (χ0n) is 7.60. The van der Waals surface area contributed by atoms with Gasteiger partial charge in [-0.25, -0.2) is 4.98 Å². The second-order valence-corrected chi connectivity index (χ2v) is 2.92. The number of nitrogens with two attached hydrogens (primary N) is 2. The predicted octanol–water partition coefficient (Wildman–Crippen LogP) is 1.38. The lowest BCUT2D eigenvalue weighted by Crippen LogP contribution is -1.93. The molecule has 0 unspecified atom stereocenters. The zero-order chi connectivity index (χ0) is 9.97. The first-order valence-corrected chi connectivity index (χ1v) is 4.31. The van der Waals surface area contributed by atoms with Crippen LogP contribution in [0.3, 0.4) is 0 Å². The summed E-state index contributed by atoms with van der Waals surface area (Å²) in [4.78, 5) is 4.13. The molecule has 72 valence electrons. The summed E-state index contributed by atoms with van der Waals surface area (Å²) in [6, 6.07) is 9.08. The minimum atomic E-state index is 0.391. The molecule has 4 N–H and O–H groups in total. The van der Waals surface area contributed by atoms with E-state index in [0.29, 0.717) is 18.1 Å². The van der Waals surface area contributed by atoms with Crippen molar-refractivity contribution < 1.29 is 4.42 Å². The Balaban J connectivity index is 2.39. The smallest absolute Gasteiger partial charge is 0.152 e. The molecular formula is C10H11N3O. The molecule has 0 bridgehead atoms. The Hall–Kier alpha value is -1.81. The summed E-state index contributed by atoms with van der Waals surface area (Å²) < 4.78 is 5.43. The monoisotopic (exact) mass is 189 g/mol. The highest BCUT2D eigenvalue weighted by molar-refractivity contribution is 5.54. The second-order valence-electron chi connectivity index (χ2n) is 2.92. The quantitative estimate of drug-likeness (QED) is 0.748. The number of furan rings is 1. The molecule has 2 rings (SSSR count). The molecule has 2 aromatic rings. The predicted molar refractivity (Wildman–Crippen MR) is 54.2 cm³/mol. The lowest BCUT2D eigenvalue weighted by Gasteiger charge is -1.97. The lowest BCUT2D eigenvalue weighted by molar-refractivity contribution is 0.524. The molecule has 0 saturated carbocycles. The molecule has 0 fully saturated rings. The van der Waals surface area contributed by atoms with E-state index in [1.807, 2.05) is 24.3 Å². The summed E-state index contributed by atoms with van der Waals surface area (Å²) in [6.45, 7) is 0.391. The summed E-state index contributed by atoms with van der Waals surface area (Å²) in [7, 11) is 0. The van der Waals surface area contributed by atoms with Gasteiger partial charge in [0.1, 0.15) is 17.3 Å². The molecule has 4 nitrogen and oxygen atoms in total. The van der Waals surface area contributed by atoms with E-state index >= 15 is 0 Å². The molecule has 0 aliphatic carbocycles. The van der Waals surface area contributed by atoms with E-state index in [-0.39, 0.29) is 0 Å². The van der Waals surface area contributed by atoms with Gasteiger partial charge in [-0.3, -0.25) is 0 Å². The molecule has 0 saturated heterocycles. The molecule has 0 spiro atoms. The van der Waals surface area contributed by atoms with Crippen LogP contribution in [0.5, 0.6) is 0 Å². The second kappa shape index (κ2) is 3.51. The van der Waals surface area contributed by atoms with E-state index in [1.54, 1.807) is 6.07 Å². The van der Waals surface area contributed by atoms with Crippen LogP contribution in [0.1, 0.15) is 5.76 Å². The van der Waals surface area contributed by atoms with Gasteiger partial charge in [-0.2, -0.15) is 0 Å². The molecule has 0 aliphatic rings. The maximum Gasteiger partial charge on any atom is 0.152 e. The Kier molecular flexibility index (Phi) is 2.20.